The average molecular weight is 330 g/mol. The lowest BCUT2D eigenvalue weighted by Gasteiger charge is -2.40. The standard InChI is InChI=1S/C18H26N4O2/c1-19-18(24)20-12-17(23)21-10-7-16(8-11-21)22-9-6-14-4-2-3-5-15(14)13-22/h2-5,16H,6-13H2,1H3,(H2,19,20,24). The smallest absolute Gasteiger partial charge is 0.314 e. The molecule has 0 saturated carbocycles. The Hall–Kier alpha value is -2.08. The molecule has 2 N–H and O–H groups in total. The third kappa shape index (κ3) is 3.87. The second-order valence-electron chi connectivity index (χ2n) is 6.53. The number of hydrogen-bond donors (Lipinski definition) is 2. The first-order valence-electron chi connectivity index (χ1n) is 8.71. The summed E-state index contributed by atoms with van der Waals surface area (Å²) in [5, 5.41) is 5.02. The zero-order valence-corrected chi connectivity index (χ0v) is 14.3. The first kappa shape index (κ1) is 16.8. The highest BCUT2D eigenvalue weighted by atomic mass is 16.2. The van der Waals surface area contributed by atoms with Gasteiger partial charge in [0.1, 0.15) is 0 Å². The first-order chi connectivity index (χ1) is 11.7. The number of rotatable bonds is 3. The fourth-order valence-electron chi connectivity index (χ4n) is 3.67. The maximum absolute atomic E-state index is 12.1. The summed E-state index contributed by atoms with van der Waals surface area (Å²) in [6, 6.07) is 8.92. The first-order valence-corrected chi connectivity index (χ1v) is 8.71. The molecular weight excluding hydrogens is 304 g/mol. The van der Waals surface area contributed by atoms with Gasteiger partial charge in [0.05, 0.1) is 6.54 Å². The quantitative estimate of drug-likeness (QED) is 0.868. The number of fused-ring (bicyclic) bond motifs is 1. The van der Waals surface area contributed by atoms with E-state index in [2.05, 4.69) is 39.8 Å². The van der Waals surface area contributed by atoms with E-state index in [4.69, 9.17) is 0 Å². The van der Waals surface area contributed by atoms with Gasteiger partial charge in [-0.05, 0) is 30.4 Å². The molecule has 0 atom stereocenters. The molecule has 2 aliphatic rings. The Balaban J connectivity index is 1.47. The maximum atomic E-state index is 12.1. The van der Waals surface area contributed by atoms with Crippen LogP contribution in [0.4, 0.5) is 4.79 Å². The number of carbonyl (C=O) groups excluding carboxylic acids is 2. The number of urea groups is 1. The van der Waals surface area contributed by atoms with Crippen molar-refractivity contribution >= 4 is 11.9 Å². The largest absolute Gasteiger partial charge is 0.341 e. The molecule has 1 aromatic rings. The molecule has 2 heterocycles. The fourth-order valence-corrected chi connectivity index (χ4v) is 3.67. The zero-order valence-electron chi connectivity index (χ0n) is 14.3. The number of amides is 3. The van der Waals surface area contributed by atoms with Crippen LogP contribution in [0.1, 0.15) is 24.0 Å². The maximum Gasteiger partial charge on any atom is 0.314 e. The van der Waals surface area contributed by atoms with Crippen LogP contribution in [0.15, 0.2) is 24.3 Å². The van der Waals surface area contributed by atoms with E-state index in [0.29, 0.717) is 6.04 Å². The van der Waals surface area contributed by atoms with Crippen LogP contribution in [0.5, 0.6) is 0 Å². The van der Waals surface area contributed by atoms with Crippen LogP contribution in [-0.4, -0.2) is 61.0 Å². The number of nitrogens with zero attached hydrogens (tertiary/aromatic N) is 2. The molecule has 2 aliphatic heterocycles. The van der Waals surface area contributed by atoms with Gasteiger partial charge in [-0.25, -0.2) is 4.79 Å². The van der Waals surface area contributed by atoms with Crippen LogP contribution in [-0.2, 0) is 17.8 Å². The molecule has 6 nitrogen and oxygen atoms in total. The Morgan fingerprint density at radius 3 is 2.54 bits per heavy atom. The van der Waals surface area contributed by atoms with Gasteiger partial charge in [-0.2, -0.15) is 0 Å². The van der Waals surface area contributed by atoms with E-state index in [1.54, 1.807) is 7.05 Å². The van der Waals surface area contributed by atoms with Gasteiger partial charge in [0.2, 0.25) is 5.91 Å². The van der Waals surface area contributed by atoms with Crippen molar-refractivity contribution in [1.82, 2.24) is 20.4 Å². The van der Waals surface area contributed by atoms with E-state index in [9.17, 15) is 9.59 Å². The van der Waals surface area contributed by atoms with Gasteiger partial charge >= 0.3 is 6.03 Å². The van der Waals surface area contributed by atoms with E-state index in [0.717, 1.165) is 45.4 Å². The molecule has 3 rings (SSSR count). The minimum atomic E-state index is -0.315. The molecule has 0 aliphatic carbocycles. The molecule has 1 fully saturated rings. The van der Waals surface area contributed by atoms with Gasteiger partial charge < -0.3 is 15.5 Å². The molecular formula is C18H26N4O2. The topological polar surface area (TPSA) is 64.7 Å². The van der Waals surface area contributed by atoms with Gasteiger partial charge in [-0.3, -0.25) is 9.69 Å². The van der Waals surface area contributed by atoms with E-state index in [-0.39, 0.29) is 18.5 Å². The van der Waals surface area contributed by atoms with Crippen LogP contribution < -0.4 is 10.6 Å². The molecule has 0 spiro atoms. The molecule has 0 bridgehead atoms. The third-order valence-corrected chi connectivity index (χ3v) is 5.12. The monoisotopic (exact) mass is 330 g/mol. The van der Waals surface area contributed by atoms with Crippen LogP contribution >= 0.6 is 0 Å². The van der Waals surface area contributed by atoms with Crippen molar-refractivity contribution in [2.75, 3.05) is 33.2 Å². The number of nitrogens with one attached hydrogen (secondary N) is 2. The number of likely N-dealkylation sites (tertiary alicyclic amines) is 1. The number of carbonyl (C=O) groups is 2. The van der Waals surface area contributed by atoms with Gasteiger partial charge in [0.25, 0.3) is 0 Å². The van der Waals surface area contributed by atoms with Crippen LogP contribution in [0.2, 0.25) is 0 Å². The van der Waals surface area contributed by atoms with E-state index >= 15 is 0 Å². The summed E-state index contributed by atoms with van der Waals surface area (Å²) >= 11 is 0. The predicted molar refractivity (Wildman–Crippen MR) is 92.6 cm³/mol. The molecule has 0 unspecified atom stereocenters. The van der Waals surface area contributed by atoms with Crippen molar-refractivity contribution in [2.24, 2.45) is 0 Å². The normalized spacial score (nSPS) is 18.8. The lowest BCUT2D eigenvalue weighted by atomic mass is 9.95. The molecule has 0 radical (unpaired) electrons. The molecule has 6 heteroatoms. The third-order valence-electron chi connectivity index (χ3n) is 5.12. The molecule has 130 valence electrons. The molecule has 24 heavy (non-hydrogen) atoms. The van der Waals surface area contributed by atoms with E-state index in [1.165, 1.54) is 11.1 Å². The summed E-state index contributed by atoms with van der Waals surface area (Å²) in [4.78, 5) is 27.7. The van der Waals surface area contributed by atoms with E-state index in [1.807, 2.05) is 4.90 Å². The molecule has 1 saturated heterocycles. The Kier molecular flexibility index (Phi) is 5.35. The van der Waals surface area contributed by atoms with E-state index < -0.39 is 0 Å². The van der Waals surface area contributed by atoms with Crippen LogP contribution in [0, 0.1) is 0 Å². The SMILES string of the molecule is CNC(=O)NCC(=O)N1CCC(N2CCc3ccccc3C2)CC1. The lowest BCUT2D eigenvalue weighted by Crippen LogP contribution is -2.50. The van der Waals surface area contributed by atoms with Crippen LogP contribution in [0.25, 0.3) is 0 Å². The minimum absolute atomic E-state index is 0.000963. The summed E-state index contributed by atoms with van der Waals surface area (Å²) in [7, 11) is 1.54. The molecule has 3 amide bonds. The number of piperidine rings is 1. The highest BCUT2D eigenvalue weighted by Gasteiger charge is 2.28. The van der Waals surface area contributed by atoms with Gasteiger partial charge in [-0.1, -0.05) is 24.3 Å². The fraction of sp³-hybridized carbons (Fsp3) is 0.556. The highest BCUT2D eigenvalue weighted by Crippen LogP contribution is 2.24. The second-order valence-corrected chi connectivity index (χ2v) is 6.53. The Morgan fingerprint density at radius 2 is 1.83 bits per heavy atom. The van der Waals surface area contributed by atoms with Crippen molar-refractivity contribution < 1.29 is 9.59 Å². The molecule has 0 aromatic heterocycles. The summed E-state index contributed by atoms with van der Waals surface area (Å²) in [5.74, 6) is 0.000963. The summed E-state index contributed by atoms with van der Waals surface area (Å²) in [5.41, 5.74) is 2.92. The molecule has 1 aromatic carbocycles. The van der Waals surface area contributed by atoms with Crippen molar-refractivity contribution in [2.45, 2.75) is 31.8 Å². The van der Waals surface area contributed by atoms with Gasteiger partial charge in [0, 0.05) is 39.3 Å². The Morgan fingerprint density at radius 1 is 1.12 bits per heavy atom. The Bertz CT molecular complexity index is 596. The summed E-state index contributed by atoms with van der Waals surface area (Å²) < 4.78 is 0. The van der Waals surface area contributed by atoms with Crippen molar-refractivity contribution in [3.8, 4) is 0 Å². The highest BCUT2D eigenvalue weighted by molar-refractivity contribution is 5.83. The van der Waals surface area contributed by atoms with Crippen molar-refractivity contribution in [3.63, 3.8) is 0 Å². The number of hydrogen-bond acceptors (Lipinski definition) is 3. The lowest BCUT2D eigenvalue weighted by molar-refractivity contribution is -0.131. The summed E-state index contributed by atoms with van der Waals surface area (Å²) in [6.07, 6.45) is 3.13. The van der Waals surface area contributed by atoms with Gasteiger partial charge in [0.15, 0.2) is 0 Å². The summed E-state index contributed by atoms with van der Waals surface area (Å²) in [6.45, 7) is 3.75. The van der Waals surface area contributed by atoms with Crippen molar-refractivity contribution in [1.29, 1.82) is 0 Å². The average Bonchev–Trinajstić information content (AvgIpc) is 2.65. The minimum Gasteiger partial charge on any atom is -0.341 e. The zero-order chi connectivity index (χ0) is 16.9. The predicted octanol–water partition coefficient (Wildman–Crippen LogP) is 0.965. The Labute approximate surface area is 143 Å². The van der Waals surface area contributed by atoms with Gasteiger partial charge in [-0.15, -0.1) is 0 Å². The van der Waals surface area contributed by atoms with Crippen molar-refractivity contribution in [3.05, 3.63) is 35.4 Å². The van der Waals surface area contributed by atoms with Crippen LogP contribution in [0.3, 0.4) is 0 Å². The second kappa shape index (κ2) is 7.66. The number of benzene rings is 1.